The first-order valence-electron chi connectivity index (χ1n) is 5.54. The molecule has 0 unspecified atom stereocenters. The van der Waals surface area contributed by atoms with Gasteiger partial charge >= 0.3 is 0 Å². The molecule has 3 nitrogen and oxygen atoms in total. The molecular weight excluding hydrogens is 176 g/mol. The summed E-state index contributed by atoms with van der Waals surface area (Å²) in [4.78, 5) is 16.2. The van der Waals surface area contributed by atoms with Gasteiger partial charge in [0, 0.05) is 38.1 Å². The van der Waals surface area contributed by atoms with Gasteiger partial charge in [0.2, 0.25) is 0 Å². The average Bonchev–Trinajstić information content (AvgIpc) is 2.90. The molecule has 14 heavy (non-hydrogen) atoms. The summed E-state index contributed by atoms with van der Waals surface area (Å²) < 4.78 is 0. The van der Waals surface area contributed by atoms with Crippen molar-refractivity contribution in [2.45, 2.75) is 19.8 Å². The zero-order chi connectivity index (χ0) is 10.2. The summed E-state index contributed by atoms with van der Waals surface area (Å²) in [5.74, 6) is 0.399. The molecule has 1 heterocycles. The van der Waals surface area contributed by atoms with Crippen molar-refractivity contribution in [1.82, 2.24) is 9.80 Å². The molecule has 1 aliphatic carbocycles. The van der Waals surface area contributed by atoms with Crippen molar-refractivity contribution >= 4 is 5.78 Å². The van der Waals surface area contributed by atoms with E-state index in [2.05, 4.69) is 16.8 Å². The molecule has 2 aliphatic rings. The largest absolute Gasteiger partial charge is 0.304 e. The maximum absolute atomic E-state index is 11.4. The Hall–Kier alpha value is -0.410. The first-order valence-corrected chi connectivity index (χ1v) is 5.54. The fourth-order valence-electron chi connectivity index (χ4n) is 2.21. The second-order valence-electron chi connectivity index (χ2n) is 4.92. The van der Waals surface area contributed by atoms with Crippen LogP contribution in [0.5, 0.6) is 0 Å². The highest BCUT2D eigenvalue weighted by atomic mass is 16.1. The van der Waals surface area contributed by atoms with Gasteiger partial charge in [0.15, 0.2) is 0 Å². The third kappa shape index (κ3) is 1.98. The van der Waals surface area contributed by atoms with E-state index in [1.54, 1.807) is 6.92 Å². The fraction of sp³-hybridized carbons (Fsp3) is 0.909. The van der Waals surface area contributed by atoms with Crippen molar-refractivity contribution in [3.8, 4) is 0 Å². The predicted molar refractivity (Wildman–Crippen MR) is 56.3 cm³/mol. The molecule has 0 spiro atoms. The Morgan fingerprint density at radius 2 is 1.79 bits per heavy atom. The van der Waals surface area contributed by atoms with Crippen molar-refractivity contribution in [2.75, 3.05) is 39.8 Å². The van der Waals surface area contributed by atoms with Crippen LogP contribution in [-0.2, 0) is 4.79 Å². The molecular formula is C11H20N2O. The van der Waals surface area contributed by atoms with Crippen molar-refractivity contribution in [2.24, 2.45) is 5.41 Å². The van der Waals surface area contributed by atoms with Crippen LogP contribution >= 0.6 is 0 Å². The van der Waals surface area contributed by atoms with E-state index in [1.165, 1.54) is 0 Å². The summed E-state index contributed by atoms with van der Waals surface area (Å²) in [5, 5.41) is 0. The first kappa shape index (κ1) is 10.1. The topological polar surface area (TPSA) is 23.6 Å². The van der Waals surface area contributed by atoms with Gasteiger partial charge < -0.3 is 4.90 Å². The van der Waals surface area contributed by atoms with Crippen LogP contribution in [0.25, 0.3) is 0 Å². The minimum absolute atomic E-state index is 0.0654. The maximum Gasteiger partial charge on any atom is 0.137 e. The third-order valence-electron chi connectivity index (χ3n) is 3.72. The summed E-state index contributed by atoms with van der Waals surface area (Å²) in [6, 6.07) is 0. The van der Waals surface area contributed by atoms with E-state index >= 15 is 0 Å². The molecule has 0 atom stereocenters. The van der Waals surface area contributed by atoms with E-state index in [-0.39, 0.29) is 5.41 Å². The summed E-state index contributed by atoms with van der Waals surface area (Å²) in [7, 11) is 2.16. The van der Waals surface area contributed by atoms with E-state index in [0.717, 1.165) is 45.6 Å². The lowest BCUT2D eigenvalue weighted by Crippen LogP contribution is -2.47. The quantitative estimate of drug-likeness (QED) is 0.660. The zero-order valence-electron chi connectivity index (χ0n) is 9.25. The number of hydrogen-bond donors (Lipinski definition) is 0. The van der Waals surface area contributed by atoms with Crippen LogP contribution in [0.4, 0.5) is 0 Å². The number of nitrogens with zero attached hydrogens (tertiary/aromatic N) is 2. The molecule has 80 valence electrons. The van der Waals surface area contributed by atoms with Gasteiger partial charge in [-0.05, 0) is 26.8 Å². The van der Waals surface area contributed by atoms with Gasteiger partial charge in [0.1, 0.15) is 5.78 Å². The van der Waals surface area contributed by atoms with E-state index in [0.29, 0.717) is 5.78 Å². The Labute approximate surface area is 86.1 Å². The maximum atomic E-state index is 11.4. The number of likely N-dealkylation sites (N-methyl/N-ethyl adjacent to an activating group) is 1. The molecule has 0 N–H and O–H groups in total. The molecule has 2 rings (SSSR count). The monoisotopic (exact) mass is 196 g/mol. The predicted octanol–water partition coefficient (Wildman–Crippen LogP) is 0.603. The molecule has 1 saturated heterocycles. The Morgan fingerprint density at radius 3 is 2.21 bits per heavy atom. The van der Waals surface area contributed by atoms with Crippen LogP contribution in [0.1, 0.15) is 19.8 Å². The Kier molecular flexibility index (Phi) is 2.62. The Balaban J connectivity index is 1.83. The summed E-state index contributed by atoms with van der Waals surface area (Å²) >= 11 is 0. The van der Waals surface area contributed by atoms with Crippen molar-refractivity contribution < 1.29 is 4.79 Å². The molecule has 0 aromatic rings. The van der Waals surface area contributed by atoms with E-state index in [1.807, 2.05) is 0 Å². The van der Waals surface area contributed by atoms with E-state index < -0.39 is 0 Å². The molecule has 3 heteroatoms. The van der Waals surface area contributed by atoms with Gasteiger partial charge in [-0.15, -0.1) is 0 Å². The van der Waals surface area contributed by atoms with Crippen LogP contribution in [0.2, 0.25) is 0 Å². The second-order valence-corrected chi connectivity index (χ2v) is 4.92. The fourth-order valence-corrected chi connectivity index (χ4v) is 2.21. The lowest BCUT2D eigenvalue weighted by atomic mass is 10.0. The number of carbonyl (C=O) groups is 1. The molecule has 1 saturated carbocycles. The van der Waals surface area contributed by atoms with Gasteiger partial charge in [-0.2, -0.15) is 0 Å². The lowest BCUT2D eigenvalue weighted by Gasteiger charge is -2.34. The molecule has 1 aliphatic heterocycles. The number of hydrogen-bond acceptors (Lipinski definition) is 3. The molecule has 0 aromatic carbocycles. The van der Waals surface area contributed by atoms with Crippen molar-refractivity contribution in [1.29, 1.82) is 0 Å². The highest BCUT2D eigenvalue weighted by molar-refractivity contribution is 5.85. The Bertz CT molecular complexity index is 227. The number of rotatable bonds is 3. The van der Waals surface area contributed by atoms with Crippen molar-refractivity contribution in [3.05, 3.63) is 0 Å². The SMILES string of the molecule is CC(=O)C1(CN2CCN(C)CC2)CC1. The van der Waals surface area contributed by atoms with Gasteiger partial charge in [-0.25, -0.2) is 0 Å². The minimum atomic E-state index is 0.0654. The average molecular weight is 196 g/mol. The van der Waals surface area contributed by atoms with E-state index in [9.17, 15) is 4.79 Å². The van der Waals surface area contributed by atoms with Gasteiger partial charge in [0.25, 0.3) is 0 Å². The molecule has 0 radical (unpaired) electrons. The number of carbonyl (C=O) groups excluding carboxylic acids is 1. The number of ketones is 1. The zero-order valence-corrected chi connectivity index (χ0v) is 9.25. The normalized spacial score (nSPS) is 27.6. The minimum Gasteiger partial charge on any atom is -0.304 e. The molecule has 0 aromatic heterocycles. The summed E-state index contributed by atoms with van der Waals surface area (Å²) in [5.41, 5.74) is 0.0654. The van der Waals surface area contributed by atoms with Crippen LogP contribution < -0.4 is 0 Å². The van der Waals surface area contributed by atoms with Gasteiger partial charge in [-0.1, -0.05) is 0 Å². The van der Waals surface area contributed by atoms with Gasteiger partial charge in [0.05, 0.1) is 0 Å². The number of piperazine rings is 1. The highest BCUT2D eigenvalue weighted by Gasteiger charge is 2.48. The lowest BCUT2D eigenvalue weighted by molar-refractivity contribution is -0.122. The highest BCUT2D eigenvalue weighted by Crippen LogP contribution is 2.47. The second kappa shape index (κ2) is 3.63. The van der Waals surface area contributed by atoms with Crippen molar-refractivity contribution in [3.63, 3.8) is 0 Å². The number of Topliss-reactive ketones (excluding diaryl/α,β-unsaturated/α-hetero) is 1. The van der Waals surface area contributed by atoms with Crippen LogP contribution in [0.15, 0.2) is 0 Å². The summed E-state index contributed by atoms with van der Waals surface area (Å²) in [6.07, 6.45) is 2.24. The van der Waals surface area contributed by atoms with Gasteiger partial charge in [-0.3, -0.25) is 9.69 Å². The molecule has 2 fully saturated rings. The molecule has 0 bridgehead atoms. The standard InChI is InChI=1S/C11H20N2O/c1-10(14)11(3-4-11)9-13-7-5-12(2)6-8-13/h3-9H2,1-2H3. The third-order valence-corrected chi connectivity index (χ3v) is 3.72. The molecule has 0 amide bonds. The summed E-state index contributed by atoms with van der Waals surface area (Å²) in [6.45, 7) is 7.32. The first-order chi connectivity index (χ1) is 6.62. The van der Waals surface area contributed by atoms with Crippen LogP contribution in [-0.4, -0.2) is 55.4 Å². The van der Waals surface area contributed by atoms with E-state index in [4.69, 9.17) is 0 Å². The smallest absolute Gasteiger partial charge is 0.137 e. The van der Waals surface area contributed by atoms with Crippen LogP contribution in [0.3, 0.4) is 0 Å². The van der Waals surface area contributed by atoms with Crippen LogP contribution in [0, 0.1) is 5.41 Å². The Morgan fingerprint density at radius 1 is 1.21 bits per heavy atom.